The van der Waals surface area contributed by atoms with Crippen molar-refractivity contribution in [1.82, 2.24) is 4.90 Å². The molecule has 3 aromatic carbocycles. The second-order valence-corrected chi connectivity index (χ2v) is 10.4. The van der Waals surface area contributed by atoms with Crippen LogP contribution < -0.4 is 4.72 Å². The molecule has 176 valence electrons. The number of rotatable bonds is 6. The van der Waals surface area contributed by atoms with E-state index in [4.69, 9.17) is 0 Å². The first kappa shape index (κ1) is 23.7. The summed E-state index contributed by atoms with van der Waals surface area (Å²) in [4.78, 5) is 27.8. The molecule has 1 amide bonds. The Bertz CT molecular complexity index is 1310. The number of hydrogen-bond acceptors (Lipinski definition) is 4. The molecule has 34 heavy (non-hydrogen) atoms. The van der Waals surface area contributed by atoms with Crippen LogP contribution in [0.15, 0.2) is 77.7 Å². The molecule has 0 atom stereocenters. The number of carbonyl (C=O) groups is 2. The van der Waals surface area contributed by atoms with Gasteiger partial charge in [0.15, 0.2) is 5.78 Å². The number of hydrogen-bond donors (Lipinski definition) is 1. The van der Waals surface area contributed by atoms with E-state index in [2.05, 4.69) is 4.72 Å². The number of likely N-dealkylation sites (tertiary alicyclic amines) is 1. The van der Waals surface area contributed by atoms with Crippen LogP contribution in [-0.4, -0.2) is 38.1 Å². The molecule has 1 fully saturated rings. The zero-order valence-electron chi connectivity index (χ0n) is 19.3. The van der Waals surface area contributed by atoms with E-state index in [-0.39, 0.29) is 22.5 Å². The molecule has 1 aliphatic rings. The molecule has 4 rings (SSSR count). The van der Waals surface area contributed by atoms with Gasteiger partial charge in [-0.1, -0.05) is 48.5 Å². The summed E-state index contributed by atoms with van der Waals surface area (Å²) in [5, 5.41) is 0. The topological polar surface area (TPSA) is 83.6 Å². The summed E-state index contributed by atoms with van der Waals surface area (Å²) in [7, 11) is -3.85. The van der Waals surface area contributed by atoms with Crippen LogP contribution >= 0.6 is 0 Å². The van der Waals surface area contributed by atoms with Crippen LogP contribution in [0.25, 0.3) is 0 Å². The number of sulfonamides is 1. The zero-order chi connectivity index (χ0) is 24.3. The smallest absolute Gasteiger partial charge is 0.261 e. The van der Waals surface area contributed by atoms with Crippen LogP contribution in [0.2, 0.25) is 0 Å². The Morgan fingerprint density at radius 3 is 2.26 bits per heavy atom. The Balaban J connectivity index is 1.48. The van der Waals surface area contributed by atoms with Gasteiger partial charge in [0.25, 0.3) is 15.9 Å². The normalized spacial score (nSPS) is 14.6. The molecule has 1 N–H and O–H groups in total. The molecule has 0 spiro atoms. The first-order valence-electron chi connectivity index (χ1n) is 11.3. The number of amides is 1. The fraction of sp³-hybridized carbons (Fsp3) is 0.259. The molecule has 0 aromatic heterocycles. The number of piperidine rings is 1. The molecular formula is C27H28N2O4S. The monoisotopic (exact) mass is 476 g/mol. The van der Waals surface area contributed by atoms with Crippen molar-refractivity contribution in [3.05, 3.63) is 95.1 Å². The van der Waals surface area contributed by atoms with E-state index in [9.17, 15) is 18.0 Å². The van der Waals surface area contributed by atoms with Crippen LogP contribution in [0, 0.1) is 19.8 Å². The van der Waals surface area contributed by atoms with Gasteiger partial charge in [-0.05, 0) is 62.1 Å². The third-order valence-corrected chi connectivity index (χ3v) is 7.61. The average Bonchev–Trinajstić information content (AvgIpc) is 2.84. The van der Waals surface area contributed by atoms with Gasteiger partial charge in [0.2, 0.25) is 0 Å². The SMILES string of the molecule is Cc1cccc(NS(=O)(=O)c2ccc(C)c(C(=O)N3CCC(C(=O)c4ccccc4)CC3)c2)c1. The van der Waals surface area contributed by atoms with Gasteiger partial charge >= 0.3 is 0 Å². The van der Waals surface area contributed by atoms with E-state index in [0.29, 0.717) is 48.3 Å². The molecule has 0 unspecified atom stereocenters. The fourth-order valence-corrected chi connectivity index (χ4v) is 5.35. The lowest BCUT2D eigenvalue weighted by Crippen LogP contribution is -2.40. The van der Waals surface area contributed by atoms with E-state index in [1.54, 1.807) is 36.1 Å². The Kier molecular flexibility index (Phi) is 6.84. The molecule has 0 aliphatic carbocycles. The summed E-state index contributed by atoms with van der Waals surface area (Å²) in [6.45, 7) is 4.60. The van der Waals surface area contributed by atoms with Gasteiger partial charge in [0.05, 0.1) is 4.90 Å². The third-order valence-electron chi connectivity index (χ3n) is 6.23. The number of anilines is 1. The number of benzene rings is 3. The van der Waals surface area contributed by atoms with Gasteiger partial charge < -0.3 is 4.90 Å². The summed E-state index contributed by atoms with van der Waals surface area (Å²) in [5.74, 6) is -0.215. The highest BCUT2D eigenvalue weighted by Crippen LogP contribution is 2.25. The summed E-state index contributed by atoms with van der Waals surface area (Å²) in [5.41, 5.74) is 3.18. The second kappa shape index (κ2) is 9.81. The number of nitrogens with one attached hydrogen (secondary N) is 1. The summed E-state index contributed by atoms with van der Waals surface area (Å²) < 4.78 is 28.5. The maximum Gasteiger partial charge on any atom is 0.261 e. The molecule has 7 heteroatoms. The largest absolute Gasteiger partial charge is 0.339 e. The average molecular weight is 477 g/mol. The Hall–Kier alpha value is -3.45. The quantitative estimate of drug-likeness (QED) is 0.516. The van der Waals surface area contributed by atoms with Crippen molar-refractivity contribution >= 4 is 27.4 Å². The van der Waals surface area contributed by atoms with Gasteiger partial charge in [0, 0.05) is 35.8 Å². The third kappa shape index (κ3) is 5.20. The van der Waals surface area contributed by atoms with E-state index in [0.717, 1.165) is 5.56 Å². The summed E-state index contributed by atoms with van der Waals surface area (Å²) in [6, 6.07) is 20.9. The minimum atomic E-state index is -3.85. The first-order valence-corrected chi connectivity index (χ1v) is 12.8. The lowest BCUT2D eigenvalue weighted by Gasteiger charge is -2.32. The summed E-state index contributed by atoms with van der Waals surface area (Å²) in [6.07, 6.45) is 1.18. The van der Waals surface area contributed by atoms with Crippen molar-refractivity contribution in [2.45, 2.75) is 31.6 Å². The fourth-order valence-electron chi connectivity index (χ4n) is 4.27. The van der Waals surface area contributed by atoms with Crippen LogP contribution in [0.3, 0.4) is 0 Å². The van der Waals surface area contributed by atoms with Crippen molar-refractivity contribution in [1.29, 1.82) is 0 Å². The molecular weight excluding hydrogens is 448 g/mol. The van der Waals surface area contributed by atoms with Gasteiger partial charge in [-0.15, -0.1) is 0 Å². The maximum atomic E-state index is 13.3. The highest BCUT2D eigenvalue weighted by molar-refractivity contribution is 7.92. The number of Topliss-reactive ketones (excluding diaryl/α,β-unsaturated/α-hetero) is 1. The van der Waals surface area contributed by atoms with Crippen molar-refractivity contribution in [3.8, 4) is 0 Å². The van der Waals surface area contributed by atoms with Gasteiger partial charge in [0.1, 0.15) is 0 Å². The van der Waals surface area contributed by atoms with Crippen molar-refractivity contribution in [2.24, 2.45) is 5.92 Å². The molecule has 0 radical (unpaired) electrons. The Labute approximate surface area is 200 Å². The molecule has 1 aliphatic heterocycles. The predicted molar refractivity (Wildman–Crippen MR) is 133 cm³/mol. The van der Waals surface area contributed by atoms with Crippen molar-refractivity contribution in [3.63, 3.8) is 0 Å². The lowest BCUT2D eigenvalue weighted by atomic mass is 9.88. The van der Waals surface area contributed by atoms with Gasteiger partial charge in [-0.2, -0.15) is 0 Å². The van der Waals surface area contributed by atoms with Crippen LogP contribution in [0.4, 0.5) is 5.69 Å². The number of nitrogens with zero attached hydrogens (tertiary/aromatic N) is 1. The predicted octanol–water partition coefficient (Wildman–Crippen LogP) is 4.84. The molecule has 0 bridgehead atoms. The highest BCUT2D eigenvalue weighted by atomic mass is 32.2. The maximum absolute atomic E-state index is 13.3. The van der Waals surface area contributed by atoms with Crippen LogP contribution in [0.5, 0.6) is 0 Å². The summed E-state index contributed by atoms with van der Waals surface area (Å²) >= 11 is 0. The first-order chi connectivity index (χ1) is 16.2. The lowest BCUT2D eigenvalue weighted by molar-refractivity contribution is 0.0649. The molecule has 1 saturated heterocycles. The standard InChI is InChI=1S/C27H28N2O4S/c1-19-7-6-10-23(17-19)28-34(32,33)24-12-11-20(2)25(18-24)27(31)29-15-13-22(14-16-29)26(30)21-8-4-3-5-9-21/h3-12,17-18,22,28H,13-16H2,1-2H3. The van der Waals surface area contributed by atoms with E-state index in [1.807, 2.05) is 43.3 Å². The highest BCUT2D eigenvalue weighted by Gasteiger charge is 2.29. The van der Waals surface area contributed by atoms with E-state index >= 15 is 0 Å². The van der Waals surface area contributed by atoms with Crippen LogP contribution in [-0.2, 0) is 10.0 Å². The molecule has 6 nitrogen and oxygen atoms in total. The van der Waals surface area contributed by atoms with Crippen molar-refractivity contribution in [2.75, 3.05) is 17.8 Å². The number of aryl methyl sites for hydroxylation is 2. The van der Waals surface area contributed by atoms with Gasteiger partial charge in [-0.25, -0.2) is 8.42 Å². The molecule has 0 saturated carbocycles. The van der Waals surface area contributed by atoms with E-state index in [1.165, 1.54) is 12.1 Å². The van der Waals surface area contributed by atoms with Gasteiger partial charge in [-0.3, -0.25) is 14.3 Å². The van der Waals surface area contributed by atoms with Crippen LogP contribution in [0.1, 0.15) is 44.7 Å². The number of ketones is 1. The minimum absolute atomic E-state index is 0.0390. The number of carbonyl (C=O) groups excluding carboxylic acids is 2. The van der Waals surface area contributed by atoms with Crippen molar-refractivity contribution < 1.29 is 18.0 Å². The molecule has 1 heterocycles. The van der Waals surface area contributed by atoms with E-state index < -0.39 is 10.0 Å². The molecule has 3 aromatic rings. The Morgan fingerprint density at radius 1 is 0.882 bits per heavy atom. The minimum Gasteiger partial charge on any atom is -0.339 e. The zero-order valence-corrected chi connectivity index (χ0v) is 20.1. The Morgan fingerprint density at radius 2 is 1.59 bits per heavy atom. The second-order valence-electron chi connectivity index (χ2n) is 8.75.